The highest BCUT2D eigenvalue weighted by atomic mass is 19.1. The highest BCUT2D eigenvalue weighted by molar-refractivity contribution is 6.04. The Morgan fingerprint density at radius 2 is 1.96 bits per heavy atom. The Labute approximate surface area is 146 Å². The molecule has 0 radical (unpaired) electrons. The van der Waals surface area contributed by atoms with Gasteiger partial charge >= 0.3 is 0 Å². The molecule has 4 aromatic rings. The number of aromatic nitrogens is 2. The van der Waals surface area contributed by atoms with E-state index in [2.05, 4.69) is 10.4 Å². The minimum absolute atomic E-state index is 0.0456. The van der Waals surface area contributed by atoms with Gasteiger partial charge in [0.1, 0.15) is 23.0 Å². The molecule has 26 heavy (non-hydrogen) atoms. The van der Waals surface area contributed by atoms with Gasteiger partial charge in [-0.05, 0) is 30.3 Å². The number of benzene rings is 2. The van der Waals surface area contributed by atoms with Crippen LogP contribution in [0.15, 0.2) is 65.2 Å². The van der Waals surface area contributed by atoms with Gasteiger partial charge in [-0.1, -0.05) is 18.2 Å². The summed E-state index contributed by atoms with van der Waals surface area (Å²) in [5.41, 5.74) is 0.863. The number of carbonyl (C=O) groups excluding carboxylic acids is 1. The molecule has 0 aliphatic carbocycles. The quantitative estimate of drug-likeness (QED) is 0.598. The molecule has 0 aliphatic rings. The molecule has 2 heterocycles. The molecule has 130 valence electrons. The number of halogens is 2. The number of amides is 1. The number of hydrogen-bond acceptors (Lipinski definition) is 3. The van der Waals surface area contributed by atoms with Crippen molar-refractivity contribution in [2.75, 3.05) is 5.32 Å². The minimum atomic E-state index is -0.503. The molecule has 7 heteroatoms. The zero-order valence-electron chi connectivity index (χ0n) is 13.4. The molecule has 0 saturated carbocycles. The summed E-state index contributed by atoms with van der Waals surface area (Å²) in [5, 5.41) is 7.28. The van der Waals surface area contributed by atoms with Crippen LogP contribution in [-0.4, -0.2) is 15.7 Å². The number of anilines is 1. The van der Waals surface area contributed by atoms with Crippen molar-refractivity contribution in [3.8, 4) is 0 Å². The van der Waals surface area contributed by atoms with E-state index in [4.69, 9.17) is 4.42 Å². The lowest BCUT2D eigenvalue weighted by Gasteiger charge is -2.08. The summed E-state index contributed by atoms with van der Waals surface area (Å²) in [4.78, 5) is 12.4. The standard InChI is InChI=1S/C19H13F2N3O2/c20-14-5-6-16-13(9-14)10-17(26-16)19(25)23-18-7-8-22-24(18)11-12-3-1-2-4-15(12)21/h1-10H,11H2,(H,23,25). The Morgan fingerprint density at radius 3 is 2.81 bits per heavy atom. The molecule has 0 fully saturated rings. The summed E-state index contributed by atoms with van der Waals surface area (Å²) in [7, 11) is 0. The average Bonchev–Trinajstić information content (AvgIpc) is 3.23. The fraction of sp³-hybridized carbons (Fsp3) is 0.0526. The highest BCUT2D eigenvalue weighted by Crippen LogP contribution is 2.21. The number of hydrogen-bond donors (Lipinski definition) is 1. The summed E-state index contributed by atoms with van der Waals surface area (Å²) in [6.45, 7) is 0.167. The zero-order chi connectivity index (χ0) is 18.1. The summed E-state index contributed by atoms with van der Waals surface area (Å²) in [6, 6.07) is 13.4. The van der Waals surface area contributed by atoms with Gasteiger partial charge in [0.2, 0.25) is 0 Å². The highest BCUT2D eigenvalue weighted by Gasteiger charge is 2.15. The van der Waals surface area contributed by atoms with Gasteiger partial charge in [0.25, 0.3) is 5.91 Å². The SMILES string of the molecule is O=C(Nc1ccnn1Cc1ccccc1F)c1cc2cc(F)ccc2o1. The van der Waals surface area contributed by atoms with Crippen molar-refractivity contribution in [1.29, 1.82) is 0 Å². The lowest BCUT2D eigenvalue weighted by atomic mass is 10.2. The molecule has 5 nitrogen and oxygen atoms in total. The van der Waals surface area contributed by atoms with E-state index in [1.54, 1.807) is 24.3 Å². The number of nitrogens with zero attached hydrogens (tertiary/aromatic N) is 2. The van der Waals surface area contributed by atoms with Gasteiger partial charge in [-0.15, -0.1) is 0 Å². The molecule has 0 atom stereocenters. The van der Waals surface area contributed by atoms with E-state index in [-0.39, 0.29) is 18.1 Å². The average molecular weight is 353 g/mol. The fourth-order valence-electron chi connectivity index (χ4n) is 2.66. The van der Waals surface area contributed by atoms with Crippen LogP contribution < -0.4 is 5.32 Å². The Balaban J connectivity index is 1.56. The van der Waals surface area contributed by atoms with Crippen molar-refractivity contribution in [2.45, 2.75) is 6.54 Å². The smallest absolute Gasteiger partial charge is 0.292 e. The largest absolute Gasteiger partial charge is 0.451 e. The Morgan fingerprint density at radius 1 is 1.12 bits per heavy atom. The first kappa shape index (κ1) is 16.0. The first-order chi connectivity index (χ1) is 12.6. The Bertz CT molecular complexity index is 1100. The van der Waals surface area contributed by atoms with Gasteiger partial charge in [0.15, 0.2) is 5.76 Å². The molecule has 0 saturated heterocycles. The van der Waals surface area contributed by atoms with E-state index in [0.717, 1.165) is 0 Å². The van der Waals surface area contributed by atoms with Crippen LogP contribution in [0.25, 0.3) is 11.0 Å². The first-order valence-corrected chi connectivity index (χ1v) is 7.86. The van der Waals surface area contributed by atoms with E-state index in [0.29, 0.717) is 22.4 Å². The number of rotatable bonds is 4. The normalized spacial score (nSPS) is 11.0. The van der Waals surface area contributed by atoms with Crippen molar-refractivity contribution in [2.24, 2.45) is 0 Å². The molecule has 0 aliphatic heterocycles. The van der Waals surface area contributed by atoms with Gasteiger partial charge in [-0.3, -0.25) is 4.79 Å². The molecule has 1 N–H and O–H groups in total. The lowest BCUT2D eigenvalue weighted by Crippen LogP contribution is -2.16. The van der Waals surface area contributed by atoms with E-state index in [9.17, 15) is 13.6 Å². The molecule has 4 rings (SSSR count). The van der Waals surface area contributed by atoms with Crippen molar-refractivity contribution in [1.82, 2.24) is 9.78 Å². The molecule has 0 bridgehead atoms. The van der Waals surface area contributed by atoms with Crippen LogP contribution in [0.4, 0.5) is 14.6 Å². The number of nitrogens with one attached hydrogen (secondary N) is 1. The molecule has 0 unspecified atom stereocenters. The maximum atomic E-state index is 13.8. The monoisotopic (exact) mass is 353 g/mol. The minimum Gasteiger partial charge on any atom is -0.451 e. The van der Waals surface area contributed by atoms with Crippen LogP contribution in [0.1, 0.15) is 16.1 Å². The van der Waals surface area contributed by atoms with Crippen molar-refractivity contribution in [3.05, 3.63) is 83.8 Å². The number of fused-ring (bicyclic) bond motifs is 1. The predicted molar refractivity (Wildman–Crippen MR) is 91.9 cm³/mol. The Hall–Kier alpha value is -3.48. The first-order valence-electron chi connectivity index (χ1n) is 7.86. The van der Waals surface area contributed by atoms with Crippen molar-refractivity contribution < 1.29 is 18.0 Å². The lowest BCUT2D eigenvalue weighted by molar-refractivity contribution is 0.0997. The van der Waals surface area contributed by atoms with Crippen molar-refractivity contribution >= 4 is 22.7 Å². The molecule has 2 aromatic heterocycles. The maximum Gasteiger partial charge on any atom is 0.292 e. The maximum absolute atomic E-state index is 13.8. The van der Waals surface area contributed by atoms with Gasteiger partial charge in [-0.2, -0.15) is 5.10 Å². The molecule has 0 spiro atoms. The second kappa shape index (κ2) is 6.44. The van der Waals surface area contributed by atoms with Crippen LogP contribution in [0.3, 0.4) is 0 Å². The second-order valence-electron chi connectivity index (χ2n) is 5.71. The van der Waals surface area contributed by atoms with Crippen LogP contribution >= 0.6 is 0 Å². The predicted octanol–water partition coefficient (Wildman–Crippen LogP) is 4.21. The van der Waals surface area contributed by atoms with Crippen molar-refractivity contribution in [3.63, 3.8) is 0 Å². The van der Waals surface area contributed by atoms with E-state index in [1.807, 2.05) is 0 Å². The van der Waals surface area contributed by atoms with Crippen LogP contribution in [0.2, 0.25) is 0 Å². The third-order valence-electron chi connectivity index (χ3n) is 3.94. The molecule has 2 aromatic carbocycles. The zero-order valence-corrected chi connectivity index (χ0v) is 13.4. The molecular formula is C19H13F2N3O2. The summed E-state index contributed by atoms with van der Waals surface area (Å²) >= 11 is 0. The van der Waals surface area contributed by atoms with Gasteiger partial charge < -0.3 is 9.73 Å². The van der Waals surface area contributed by atoms with Gasteiger partial charge in [-0.25, -0.2) is 13.5 Å². The number of carbonyl (C=O) groups is 1. The fourth-order valence-corrected chi connectivity index (χ4v) is 2.66. The van der Waals surface area contributed by atoms with E-state index < -0.39 is 11.7 Å². The Kier molecular flexibility index (Phi) is 3.96. The topological polar surface area (TPSA) is 60.1 Å². The van der Waals surface area contributed by atoms with E-state index >= 15 is 0 Å². The third kappa shape index (κ3) is 3.06. The second-order valence-corrected chi connectivity index (χ2v) is 5.71. The van der Waals surface area contributed by atoms with Gasteiger partial charge in [0, 0.05) is 17.0 Å². The molecule has 1 amide bonds. The summed E-state index contributed by atoms with van der Waals surface area (Å²) in [5.74, 6) is -0.821. The van der Waals surface area contributed by atoms with E-state index in [1.165, 1.54) is 41.2 Å². The summed E-state index contributed by atoms with van der Waals surface area (Å²) in [6.07, 6.45) is 1.50. The summed E-state index contributed by atoms with van der Waals surface area (Å²) < 4.78 is 34.0. The number of furan rings is 1. The van der Waals surface area contributed by atoms with Crippen LogP contribution in [0.5, 0.6) is 0 Å². The van der Waals surface area contributed by atoms with Crippen LogP contribution in [0, 0.1) is 11.6 Å². The van der Waals surface area contributed by atoms with Crippen LogP contribution in [-0.2, 0) is 6.54 Å². The molecular weight excluding hydrogens is 340 g/mol. The third-order valence-corrected chi connectivity index (χ3v) is 3.94. The van der Waals surface area contributed by atoms with Gasteiger partial charge in [0.05, 0.1) is 12.7 Å².